The van der Waals surface area contributed by atoms with E-state index in [4.69, 9.17) is 17.5 Å². The minimum atomic E-state index is -1.43. The molecule has 1 amide bonds. The van der Waals surface area contributed by atoms with Crippen LogP contribution in [0.3, 0.4) is 0 Å². The SMILES string of the molecule is Nc1nc2ncc(CNc3ccc(C(=O)N[C@@H](CC(CNCl)C(=O)O)C(=O)O)cc3)nc2c(=O)[nH]1. The number of nitrogens with two attached hydrogens (primary N) is 1. The zero-order valence-electron chi connectivity index (χ0n) is 18.0. The number of benzene rings is 1. The molecule has 0 aliphatic carbocycles. The van der Waals surface area contributed by atoms with Crippen LogP contribution in [0.4, 0.5) is 11.6 Å². The average Bonchev–Trinajstić information content (AvgIpc) is 2.82. The standard InChI is InChI=1S/C20H21ClN8O6/c21-25-6-10(18(32)33)5-13(19(34)35)27-16(30)9-1-3-11(4-2-9)23-7-12-8-24-15-14(26-12)17(31)29-20(22)28-15/h1-4,8,10,13,23,25H,5-7H2,(H,27,30)(H,32,33)(H,34,35)(H3,22,24,28,29,31)/t10?,13-/m0/s1. The monoisotopic (exact) mass is 504 g/mol. The Morgan fingerprint density at radius 3 is 2.46 bits per heavy atom. The van der Waals surface area contributed by atoms with Crippen molar-refractivity contribution < 1.29 is 24.6 Å². The zero-order chi connectivity index (χ0) is 25.5. The molecular formula is C20H21ClN8O6. The number of nitrogens with zero attached hydrogens (tertiary/aromatic N) is 3. The number of hydrogen-bond acceptors (Lipinski definition) is 10. The predicted octanol–water partition coefficient (Wildman–Crippen LogP) is -0.0753. The maximum atomic E-state index is 12.5. The summed E-state index contributed by atoms with van der Waals surface area (Å²) in [6.07, 6.45) is 1.09. The normalized spacial score (nSPS) is 12.6. The lowest BCUT2D eigenvalue weighted by Crippen LogP contribution is -2.44. The Kier molecular flexibility index (Phi) is 8.12. The summed E-state index contributed by atoms with van der Waals surface area (Å²) in [4.78, 5) is 63.9. The van der Waals surface area contributed by atoms with E-state index in [0.717, 1.165) is 0 Å². The van der Waals surface area contributed by atoms with Gasteiger partial charge < -0.3 is 26.6 Å². The number of halogens is 1. The van der Waals surface area contributed by atoms with Crippen LogP contribution < -0.4 is 26.8 Å². The van der Waals surface area contributed by atoms with Gasteiger partial charge in [0.05, 0.1) is 24.4 Å². The number of aromatic amines is 1. The van der Waals surface area contributed by atoms with Gasteiger partial charge in [0.2, 0.25) is 5.95 Å². The van der Waals surface area contributed by atoms with Crippen LogP contribution in [0.1, 0.15) is 22.5 Å². The highest BCUT2D eigenvalue weighted by molar-refractivity contribution is 6.13. The molecule has 2 atom stereocenters. The molecule has 3 rings (SSSR count). The second-order valence-corrected chi connectivity index (χ2v) is 7.66. The first-order chi connectivity index (χ1) is 16.7. The van der Waals surface area contributed by atoms with Gasteiger partial charge in [-0.15, -0.1) is 0 Å². The number of carbonyl (C=O) groups excluding carboxylic acids is 1. The molecular weight excluding hydrogens is 484 g/mol. The lowest BCUT2D eigenvalue weighted by molar-refractivity contribution is -0.143. The highest BCUT2D eigenvalue weighted by atomic mass is 35.5. The second kappa shape index (κ2) is 11.2. The first-order valence-electron chi connectivity index (χ1n) is 10.1. The van der Waals surface area contributed by atoms with Gasteiger partial charge >= 0.3 is 11.9 Å². The Balaban J connectivity index is 1.63. The van der Waals surface area contributed by atoms with Crippen molar-refractivity contribution in [2.45, 2.75) is 19.0 Å². The molecule has 2 aromatic heterocycles. The third kappa shape index (κ3) is 6.61. The minimum Gasteiger partial charge on any atom is -0.481 e. The third-order valence-corrected chi connectivity index (χ3v) is 5.06. The molecule has 3 aromatic rings. The van der Waals surface area contributed by atoms with Crippen LogP contribution in [0.15, 0.2) is 35.3 Å². The lowest BCUT2D eigenvalue weighted by Gasteiger charge is -2.18. The number of aliphatic carboxylic acids is 2. The molecule has 8 N–H and O–H groups in total. The first kappa shape index (κ1) is 25.3. The van der Waals surface area contributed by atoms with E-state index in [1.165, 1.54) is 18.3 Å². The molecule has 15 heteroatoms. The van der Waals surface area contributed by atoms with E-state index in [9.17, 15) is 29.4 Å². The van der Waals surface area contributed by atoms with Gasteiger partial charge in [0, 0.05) is 17.8 Å². The van der Waals surface area contributed by atoms with Gasteiger partial charge in [0.25, 0.3) is 11.5 Å². The molecule has 0 saturated carbocycles. The summed E-state index contributed by atoms with van der Waals surface area (Å²) in [6, 6.07) is 4.69. The number of carboxylic acid groups (broad SMARTS) is 2. The van der Waals surface area contributed by atoms with Crippen molar-refractivity contribution in [1.82, 2.24) is 30.1 Å². The number of hydrogen-bond donors (Lipinski definition) is 7. The molecule has 14 nitrogen and oxygen atoms in total. The number of rotatable bonds is 11. The molecule has 0 fully saturated rings. The number of anilines is 2. The van der Waals surface area contributed by atoms with Crippen LogP contribution in [0, 0.1) is 5.92 Å². The lowest BCUT2D eigenvalue weighted by atomic mass is 9.99. The zero-order valence-corrected chi connectivity index (χ0v) is 18.7. The Morgan fingerprint density at radius 2 is 1.83 bits per heavy atom. The molecule has 0 spiro atoms. The van der Waals surface area contributed by atoms with Gasteiger partial charge in [-0.1, -0.05) is 0 Å². The fourth-order valence-electron chi connectivity index (χ4n) is 3.10. The molecule has 0 bridgehead atoms. The number of carbonyl (C=O) groups is 3. The minimum absolute atomic E-state index is 0.0467. The molecule has 2 heterocycles. The third-order valence-electron chi connectivity index (χ3n) is 4.90. The number of fused-ring (bicyclic) bond motifs is 1. The second-order valence-electron chi connectivity index (χ2n) is 7.39. The maximum Gasteiger partial charge on any atom is 0.326 e. The van der Waals surface area contributed by atoms with E-state index in [1.807, 2.05) is 0 Å². The summed E-state index contributed by atoms with van der Waals surface area (Å²) in [5, 5.41) is 23.9. The Bertz CT molecular complexity index is 1300. The summed E-state index contributed by atoms with van der Waals surface area (Å²) in [6.45, 7) is 0.0437. The molecule has 35 heavy (non-hydrogen) atoms. The summed E-state index contributed by atoms with van der Waals surface area (Å²) < 4.78 is 0. The highest BCUT2D eigenvalue weighted by Gasteiger charge is 2.28. The van der Waals surface area contributed by atoms with Crippen molar-refractivity contribution in [1.29, 1.82) is 0 Å². The molecule has 0 aliphatic heterocycles. The largest absolute Gasteiger partial charge is 0.481 e. The van der Waals surface area contributed by atoms with E-state index in [2.05, 4.69) is 35.4 Å². The van der Waals surface area contributed by atoms with Crippen molar-refractivity contribution >= 4 is 52.4 Å². The summed E-state index contributed by atoms with van der Waals surface area (Å²) in [7, 11) is 0. The Morgan fingerprint density at radius 1 is 1.11 bits per heavy atom. The predicted molar refractivity (Wildman–Crippen MR) is 125 cm³/mol. The van der Waals surface area contributed by atoms with Crippen LogP contribution in [0.5, 0.6) is 0 Å². The van der Waals surface area contributed by atoms with Crippen molar-refractivity contribution in [3.8, 4) is 0 Å². The first-order valence-corrected chi connectivity index (χ1v) is 10.5. The van der Waals surface area contributed by atoms with Gasteiger partial charge in [-0.3, -0.25) is 19.4 Å². The van der Waals surface area contributed by atoms with E-state index >= 15 is 0 Å². The van der Waals surface area contributed by atoms with Crippen molar-refractivity contribution in [3.63, 3.8) is 0 Å². The smallest absolute Gasteiger partial charge is 0.326 e. The van der Waals surface area contributed by atoms with E-state index in [1.54, 1.807) is 12.1 Å². The van der Waals surface area contributed by atoms with Gasteiger partial charge in [-0.2, -0.15) is 4.98 Å². The van der Waals surface area contributed by atoms with Crippen LogP contribution in [-0.4, -0.2) is 60.6 Å². The van der Waals surface area contributed by atoms with Gasteiger partial charge in [-0.25, -0.2) is 19.6 Å². The maximum absolute atomic E-state index is 12.5. The average molecular weight is 505 g/mol. The fourth-order valence-corrected chi connectivity index (χ4v) is 3.29. The fraction of sp³-hybridized carbons (Fsp3) is 0.250. The van der Waals surface area contributed by atoms with Crippen molar-refractivity contribution in [3.05, 3.63) is 52.1 Å². The topological polar surface area (TPSA) is 225 Å². The van der Waals surface area contributed by atoms with E-state index in [-0.39, 0.29) is 42.2 Å². The summed E-state index contributed by atoms with van der Waals surface area (Å²) >= 11 is 5.34. The number of amides is 1. The van der Waals surface area contributed by atoms with Gasteiger partial charge in [0.15, 0.2) is 11.2 Å². The number of nitrogens with one attached hydrogen (secondary N) is 4. The van der Waals surface area contributed by atoms with Crippen LogP contribution in [-0.2, 0) is 16.1 Å². The van der Waals surface area contributed by atoms with Gasteiger partial charge in [-0.05, 0) is 42.5 Å². The quantitative estimate of drug-likeness (QED) is 0.170. The molecule has 0 aliphatic rings. The summed E-state index contributed by atoms with van der Waals surface area (Å²) in [5.41, 5.74) is 6.39. The molecule has 0 radical (unpaired) electrons. The van der Waals surface area contributed by atoms with Gasteiger partial charge in [0.1, 0.15) is 6.04 Å². The number of H-pyrrole nitrogens is 1. The number of aromatic nitrogens is 4. The molecule has 184 valence electrons. The van der Waals surface area contributed by atoms with Crippen LogP contribution >= 0.6 is 11.8 Å². The molecule has 1 unspecified atom stereocenters. The summed E-state index contributed by atoms with van der Waals surface area (Å²) in [5.74, 6) is -4.46. The van der Waals surface area contributed by atoms with Crippen molar-refractivity contribution in [2.24, 2.45) is 5.92 Å². The molecule has 1 aromatic carbocycles. The number of nitrogen functional groups attached to an aromatic ring is 1. The Labute approximate surface area is 202 Å². The van der Waals surface area contributed by atoms with E-state index < -0.39 is 35.4 Å². The van der Waals surface area contributed by atoms with Crippen molar-refractivity contribution in [2.75, 3.05) is 17.6 Å². The van der Waals surface area contributed by atoms with Crippen LogP contribution in [0.2, 0.25) is 0 Å². The Hall–Kier alpha value is -4.30. The number of carboxylic acids is 2. The highest BCUT2D eigenvalue weighted by Crippen LogP contribution is 2.13. The van der Waals surface area contributed by atoms with E-state index in [0.29, 0.717) is 11.4 Å². The molecule has 0 saturated heterocycles. The van der Waals surface area contributed by atoms with Crippen LogP contribution in [0.25, 0.3) is 11.2 Å².